The van der Waals surface area contributed by atoms with Crippen LogP contribution in [-0.2, 0) is 32.0 Å². The number of amides is 2. The largest absolute Gasteiger partial charge is 0.452 e. The highest BCUT2D eigenvalue weighted by Gasteiger charge is 2.37. The van der Waals surface area contributed by atoms with Gasteiger partial charge in [0.15, 0.2) is 6.10 Å². The minimum absolute atomic E-state index is 0.0845. The third-order valence-electron chi connectivity index (χ3n) is 5.41. The van der Waals surface area contributed by atoms with Gasteiger partial charge in [-0.1, -0.05) is 38.1 Å². The van der Waals surface area contributed by atoms with Gasteiger partial charge in [0.05, 0.1) is 5.92 Å². The van der Waals surface area contributed by atoms with Crippen LogP contribution in [0.4, 0.5) is 11.4 Å². The first kappa shape index (κ1) is 21.6. The molecule has 2 amide bonds. The zero-order valence-corrected chi connectivity index (χ0v) is 17.7. The number of esters is 1. The fraction of sp³-hybridized carbons (Fsp3) is 0.375. The second-order valence-corrected chi connectivity index (χ2v) is 7.54. The number of rotatable bonds is 7. The van der Waals surface area contributed by atoms with Gasteiger partial charge in [-0.05, 0) is 55.2 Å². The van der Waals surface area contributed by atoms with Gasteiger partial charge in [0.2, 0.25) is 5.91 Å². The number of anilines is 2. The number of benzene rings is 2. The van der Waals surface area contributed by atoms with Crippen LogP contribution in [0.1, 0.15) is 38.3 Å². The number of hydrogen-bond donors (Lipinski definition) is 1. The first-order valence-electron chi connectivity index (χ1n) is 10.4. The van der Waals surface area contributed by atoms with E-state index in [4.69, 9.17) is 4.74 Å². The molecule has 0 unspecified atom stereocenters. The highest BCUT2D eigenvalue weighted by atomic mass is 16.5. The Labute approximate surface area is 177 Å². The lowest BCUT2D eigenvalue weighted by molar-refractivity contribution is -0.157. The van der Waals surface area contributed by atoms with Gasteiger partial charge < -0.3 is 15.0 Å². The monoisotopic (exact) mass is 408 g/mol. The molecule has 6 heteroatoms. The second kappa shape index (κ2) is 9.57. The van der Waals surface area contributed by atoms with Crippen molar-refractivity contribution in [3.05, 3.63) is 59.7 Å². The Morgan fingerprint density at radius 1 is 1.03 bits per heavy atom. The van der Waals surface area contributed by atoms with E-state index in [2.05, 4.69) is 19.2 Å². The Morgan fingerprint density at radius 3 is 2.17 bits per heavy atom. The van der Waals surface area contributed by atoms with Crippen molar-refractivity contribution in [1.82, 2.24) is 0 Å². The van der Waals surface area contributed by atoms with E-state index in [1.807, 2.05) is 48.5 Å². The van der Waals surface area contributed by atoms with Gasteiger partial charge in [0.25, 0.3) is 5.91 Å². The molecule has 2 atom stereocenters. The van der Waals surface area contributed by atoms with Gasteiger partial charge in [0, 0.05) is 24.3 Å². The van der Waals surface area contributed by atoms with E-state index in [1.165, 1.54) is 18.1 Å². The van der Waals surface area contributed by atoms with Crippen molar-refractivity contribution < 1.29 is 19.1 Å². The number of nitrogens with zero attached hydrogens (tertiary/aromatic N) is 1. The number of hydrogen-bond acceptors (Lipinski definition) is 4. The van der Waals surface area contributed by atoms with Crippen LogP contribution in [0.3, 0.4) is 0 Å². The number of carbonyl (C=O) groups is 3. The summed E-state index contributed by atoms with van der Waals surface area (Å²) in [6.07, 6.45) is 0.978. The molecule has 0 saturated carbocycles. The lowest BCUT2D eigenvalue weighted by Crippen LogP contribution is -2.33. The van der Waals surface area contributed by atoms with E-state index < -0.39 is 23.9 Å². The van der Waals surface area contributed by atoms with Crippen molar-refractivity contribution in [2.24, 2.45) is 5.92 Å². The van der Waals surface area contributed by atoms with Crippen molar-refractivity contribution in [3.8, 4) is 0 Å². The zero-order chi connectivity index (χ0) is 21.7. The minimum atomic E-state index is -0.948. The Morgan fingerprint density at radius 2 is 1.60 bits per heavy atom. The molecule has 3 rings (SSSR count). The maximum Gasteiger partial charge on any atom is 0.312 e. The Hall–Kier alpha value is -3.15. The van der Waals surface area contributed by atoms with Gasteiger partial charge >= 0.3 is 5.97 Å². The lowest BCUT2D eigenvalue weighted by atomic mass is 10.1. The molecule has 1 N–H and O–H groups in total. The number of carbonyl (C=O) groups excluding carboxylic acids is 3. The van der Waals surface area contributed by atoms with Crippen LogP contribution in [0.25, 0.3) is 0 Å². The van der Waals surface area contributed by atoms with Crippen molar-refractivity contribution >= 4 is 29.2 Å². The maximum atomic E-state index is 12.5. The van der Waals surface area contributed by atoms with Crippen molar-refractivity contribution in [2.45, 2.75) is 46.1 Å². The molecular formula is C24H28N2O4. The maximum absolute atomic E-state index is 12.5. The fourth-order valence-electron chi connectivity index (χ4n) is 3.42. The Kier molecular flexibility index (Phi) is 6.87. The molecule has 6 nitrogen and oxygen atoms in total. The van der Waals surface area contributed by atoms with Crippen LogP contribution < -0.4 is 10.2 Å². The molecule has 0 radical (unpaired) electrons. The molecule has 1 saturated heterocycles. The topological polar surface area (TPSA) is 75.7 Å². The van der Waals surface area contributed by atoms with Crippen LogP contribution >= 0.6 is 0 Å². The predicted octanol–water partition coefficient (Wildman–Crippen LogP) is 3.73. The normalized spacial score (nSPS) is 17.0. The van der Waals surface area contributed by atoms with Gasteiger partial charge in [-0.3, -0.25) is 14.4 Å². The van der Waals surface area contributed by atoms with Gasteiger partial charge in [0.1, 0.15) is 0 Å². The molecule has 1 heterocycles. The summed E-state index contributed by atoms with van der Waals surface area (Å²) < 4.78 is 5.35. The fourth-order valence-corrected chi connectivity index (χ4v) is 3.42. The summed E-state index contributed by atoms with van der Waals surface area (Å²) in [6.45, 7) is 5.92. The van der Waals surface area contributed by atoms with E-state index in [1.54, 1.807) is 4.90 Å². The van der Waals surface area contributed by atoms with Gasteiger partial charge in [-0.2, -0.15) is 0 Å². The van der Waals surface area contributed by atoms with Crippen molar-refractivity contribution in [2.75, 3.05) is 16.8 Å². The van der Waals surface area contributed by atoms with Crippen LogP contribution in [0, 0.1) is 5.92 Å². The van der Waals surface area contributed by atoms with Crippen LogP contribution in [0.5, 0.6) is 0 Å². The first-order valence-corrected chi connectivity index (χ1v) is 10.4. The smallest absolute Gasteiger partial charge is 0.312 e. The average Bonchev–Trinajstić information content (AvgIpc) is 3.16. The molecule has 1 aliphatic heterocycles. The molecule has 1 fully saturated rings. The molecule has 0 aromatic heterocycles. The van der Waals surface area contributed by atoms with Crippen molar-refractivity contribution in [3.63, 3.8) is 0 Å². The second-order valence-electron chi connectivity index (χ2n) is 7.54. The summed E-state index contributed by atoms with van der Waals surface area (Å²) in [4.78, 5) is 38.9. The third kappa shape index (κ3) is 5.06. The van der Waals surface area contributed by atoms with Gasteiger partial charge in [-0.25, -0.2) is 0 Å². The molecule has 158 valence electrons. The lowest BCUT2D eigenvalue weighted by Gasteiger charge is -2.18. The molecular weight excluding hydrogens is 380 g/mol. The summed E-state index contributed by atoms with van der Waals surface area (Å²) in [5, 5.41) is 2.75. The minimum Gasteiger partial charge on any atom is -0.452 e. The molecule has 30 heavy (non-hydrogen) atoms. The van der Waals surface area contributed by atoms with E-state index in [0.29, 0.717) is 5.69 Å². The van der Waals surface area contributed by atoms with E-state index >= 15 is 0 Å². The molecule has 2 aromatic rings. The highest BCUT2D eigenvalue weighted by Crippen LogP contribution is 2.26. The summed E-state index contributed by atoms with van der Waals surface area (Å²) in [5.41, 5.74) is 3.78. The zero-order valence-electron chi connectivity index (χ0n) is 17.7. The number of aryl methyl sites for hydroxylation is 2. The summed E-state index contributed by atoms with van der Waals surface area (Å²) in [6, 6.07) is 15.3. The van der Waals surface area contributed by atoms with Gasteiger partial charge in [-0.15, -0.1) is 0 Å². The predicted molar refractivity (Wildman–Crippen MR) is 116 cm³/mol. The molecule has 1 aliphatic rings. The van der Waals surface area contributed by atoms with Crippen LogP contribution in [0.15, 0.2) is 48.5 Å². The Bertz CT molecular complexity index is 906. The standard InChI is InChI=1S/C24H28N2O4/c1-4-17-6-10-20(11-7-17)25-23(28)16(3)30-24(29)19-14-22(27)26(15-19)21-12-8-18(5-2)9-13-21/h6-13,16,19H,4-5,14-15H2,1-3H3,(H,25,28)/t16-,19+/m0/s1. The Balaban J connectivity index is 1.55. The van der Waals surface area contributed by atoms with E-state index in [9.17, 15) is 14.4 Å². The molecule has 0 spiro atoms. The average molecular weight is 408 g/mol. The molecule has 0 bridgehead atoms. The molecule has 2 aromatic carbocycles. The van der Waals surface area contributed by atoms with E-state index in [0.717, 1.165) is 18.5 Å². The van der Waals surface area contributed by atoms with E-state index in [-0.39, 0.29) is 18.9 Å². The molecule has 0 aliphatic carbocycles. The first-order chi connectivity index (χ1) is 14.4. The third-order valence-corrected chi connectivity index (χ3v) is 5.41. The summed E-state index contributed by atoms with van der Waals surface area (Å²) in [7, 11) is 0. The van der Waals surface area contributed by atoms with Crippen LogP contribution in [0.2, 0.25) is 0 Å². The summed E-state index contributed by atoms with van der Waals surface area (Å²) >= 11 is 0. The number of nitrogens with one attached hydrogen (secondary N) is 1. The summed E-state index contributed by atoms with van der Waals surface area (Å²) in [5.74, 6) is -1.62. The number of ether oxygens (including phenoxy) is 1. The van der Waals surface area contributed by atoms with Crippen molar-refractivity contribution in [1.29, 1.82) is 0 Å². The quantitative estimate of drug-likeness (QED) is 0.708. The van der Waals surface area contributed by atoms with Crippen LogP contribution in [-0.4, -0.2) is 30.4 Å². The highest BCUT2D eigenvalue weighted by molar-refractivity contribution is 6.00. The SMILES string of the molecule is CCc1ccc(NC(=O)[C@H](C)OC(=O)[C@@H]2CC(=O)N(c3ccc(CC)cc3)C2)cc1.